The molecule has 0 spiro atoms. The fourth-order valence-corrected chi connectivity index (χ4v) is 1.34. The molecular weight excluding hydrogens is 226 g/mol. The number of carbonyl (C=O) groups is 1. The first-order valence-corrected chi connectivity index (χ1v) is 4.40. The van der Waals surface area contributed by atoms with E-state index in [4.69, 9.17) is 11.6 Å². The predicted octanol–water partition coefficient (Wildman–Crippen LogP) is 1.16. The van der Waals surface area contributed by atoms with E-state index in [9.17, 15) is 14.9 Å². The van der Waals surface area contributed by atoms with E-state index in [1.807, 2.05) is 0 Å². The lowest BCUT2D eigenvalue weighted by Crippen LogP contribution is -2.12. The van der Waals surface area contributed by atoms with Crippen molar-refractivity contribution in [2.24, 2.45) is 7.05 Å². The van der Waals surface area contributed by atoms with E-state index in [-0.39, 0.29) is 17.5 Å². The summed E-state index contributed by atoms with van der Waals surface area (Å²) in [4.78, 5) is 21.2. The lowest BCUT2D eigenvalue weighted by molar-refractivity contribution is -0.385. The van der Waals surface area contributed by atoms with Gasteiger partial charge in [0.2, 0.25) is 10.8 Å². The predicted molar refractivity (Wildman–Crippen MR) is 50.8 cm³/mol. The summed E-state index contributed by atoms with van der Waals surface area (Å²) in [5.41, 5.74) is -0.788. The molecule has 0 aliphatic rings. The number of halogens is 1. The van der Waals surface area contributed by atoms with Gasteiger partial charge in [-0.3, -0.25) is 14.8 Å². The first-order chi connectivity index (χ1) is 6.99. The third-order valence-electron chi connectivity index (χ3n) is 1.63. The quantitative estimate of drug-likeness (QED) is 0.444. The Morgan fingerprint density at radius 1 is 1.73 bits per heavy atom. The molecule has 0 aromatic carbocycles. The molecule has 82 valence electrons. The average molecular weight is 234 g/mol. The maximum atomic E-state index is 11.4. The number of carbonyl (C=O) groups excluding carboxylic acids is 1. The van der Waals surface area contributed by atoms with E-state index < -0.39 is 16.6 Å². The Bertz CT molecular complexity index is 415. The first-order valence-electron chi connectivity index (χ1n) is 4.03. The number of nitro groups is 1. The summed E-state index contributed by atoms with van der Waals surface area (Å²) in [5.74, 6) is -0.814. The fourth-order valence-electron chi connectivity index (χ4n) is 1.07. The summed E-state index contributed by atoms with van der Waals surface area (Å²) in [6.07, 6.45) is 0. The Morgan fingerprint density at radius 3 is 2.80 bits per heavy atom. The molecule has 8 heteroatoms. The minimum Gasteiger partial charge on any atom is -0.461 e. The third kappa shape index (κ3) is 2.07. The number of aryl methyl sites for hydroxylation is 1. The van der Waals surface area contributed by atoms with Crippen molar-refractivity contribution < 1.29 is 14.5 Å². The molecule has 0 bridgehead atoms. The van der Waals surface area contributed by atoms with Crippen molar-refractivity contribution in [3.63, 3.8) is 0 Å². The standard InChI is InChI=1S/C7H8ClN3O4/c1-3-15-7(12)5-4(11(13)14)6(8)9-10(5)2/h3H2,1-2H3. The van der Waals surface area contributed by atoms with Gasteiger partial charge in [0.1, 0.15) is 0 Å². The molecule has 0 atom stereocenters. The molecule has 0 unspecified atom stereocenters. The number of hydrogen-bond donors (Lipinski definition) is 0. The Hall–Kier alpha value is -1.63. The molecule has 1 rings (SSSR count). The van der Waals surface area contributed by atoms with Crippen molar-refractivity contribution in [3.8, 4) is 0 Å². The number of nitrogens with zero attached hydrogens (tertiary/aromatic N) is 3. The van der Waals surface area contributed by atoms with Crippen LogP contribution in [0.15, 0.2) is 0 Å². The lowest BCUT2D eigenvalue weighted by atomic mass is 10.4. The zero-order valence-electron chi connectivity index (χ0n) is 8.06. The van der Waals surface area contributed by atoms with Gasteiger partial charge in [-0.25, -0.2) is 4.79 Å². The number of rotatable bonds is 3. The Balaban J connectivity index is 3.26. The topological polar surface area (TPSA) is 87.3 Å². The third-order valence-corrected chi connectivity index (χ3v) is 1.89. The van der Waals surface area contributed by atoms with Crippen LogP contribution in [0, 0.1) is 10.1 Å². The smallest absolute Gasteiger partial charge is 0.363 e. The molecule has 0 aliphatic carbocycles. The molecule has 0 saturated heterocycles. The van der Waals surface area contributed by atoms with E-state index in [1.165, 1.54) is 7.05 Å². The summed E-state index contributed by atoms with van der Waals surface area (Å²) >= 11 is 5.51. The maximum absolute atomic E-state index is 11.4. The van der Waals surface area contributed by atoms with Gasteiger partial charge in [-0.2, -0.15) is 5.10 Å². The van der Waals surface area contributed by atoms with Crippen molar-refractivity contribution in [2.75, 3.05) is 6.61 Å². The molecule has 15 heavy (non-hydrogen) atoms. The van der Waals surface area contributed by atoms with Crippen LogP contribution in [0.1, 0.15) is 17.4 Å². The van der Waals surface area contributed by atoms with Crippen LogP contribution in [0.5, 0.6) is 0 Å². The summed E-state index contributed by atoms with van der Waals surface area (Å²) < 4.78 is 5.68. The maximum Gasteiger partial charge on any atom is 0.363 e. The number of ether oxygens (including phenoxy) is 1. The van der Waals surface area contributed by atoms with E-state index in [1.54, 1.807) is 6.92 Å². The van der Waals surface area contributed by atoms with Crippen LogP contribution in [-0.2, 0) is 11.8 Å². The molecule has 0 aliphatic heterocycles. The second kappa shape index (κ2) is 4.26. The van der Waals surface area contributed by atoms with Crippen LogP contribution in [0.2, 0.25) is 5.15 Å². The molecule has 0 radical (unpaired) electrons. The summed E-state index contributed by atoms with van der Waals surface area (Å²) in [5, 5.41) is 13.9. The van der Waals surface area contributed by atoms with Crippen LogP contribution < -0.4 is 0 Å². The highest BCUT2D eigenvalue weighted by Gasteiger charge is 2.31. The van der Waals surface area contributed by atoms with Gasteiger partial charge in [0.25, 0.3) is 0 Å². The summed E-state index contributed by atoms with van der Waals surface area (Å²) in [6.45, 7) is 1.72. The van der Waals surface area contributed by atoms with Gasteiger partial charge < -0.3 is 4.74 Å². The van der Waals surface area contributed by atoms with E-state index in [0.717, 1.165) is 4.68 Å². The van der Waals surface area contributed by atoms with E-state index in [0.29, 0.717) is 0 Å². The Labute approximate surface area is 89.7 Å². The van der Waals surface area contributed by atoms with Gasteiger partial charge in [-0.15, -0.1) is 0 Å². The highest BCUT2D eigenvalue weighted by Crippen LogP contribution is 2.27. The number of hydrogen-bond acceptors (Lipinski definition) is 5. The van der Waals surface area contributed by atoms with Crippen molar-refractivity contribution in [1.82, 2.24) is 9.78 Å². The van der Waals surface area contributed by atoms with Gasteiger partial charge in [-0.1, -0.05) is 11.6 Å². The van der Waals surface area contributed by atoms with Crippen molar-refractivity contribution in [3.05, 3.63) is 21.0 Å². The molecule has 1 aromatic rings. The van der Waals surface area contributed by atoms with Crippen molar-refractivity contribution in [1.29, 1.82) is 0 Å². The zero-order valence-corrected chi connectivity index (χ0v) is 8.82. The minimum absolute atomic E-state index is 0.124. The van der Waals surface area contributed by atoms with Crippen LogP contribution >= 0.6 is 11.6 Å². The van der Waals surface area contributed by atoms with Crippen LogP contribution in [0.4, 0.5) is 5.69 Å². The molecule has 1 heterocycles. The number of esters is 1. The van der Waals surface area contributed by atoms with Gasteiger partial charge in [0, 0.05) is 7.05 Å². The van der Waals surface area contributed by atoms with E-state index in [2.05, 4.69) is 9.84 Å². The van der Waals surface area contributed by atoms with Crippen LogP contribution in [-0.4, -0.2) is 27.3 Å². The molecular formula is C7H8ClN3O4. The monoisotopic (exact) mass is 233 g/mol. The summed E-state index contributed by atoms with van der Waals surface area (Å²) in [7, 11) is 1.38. The molecule has 0 fully saturated rings. The fraction of sp³-hybridized carbons (Fsp3) is 0.429. The minimum atomic E-state index is -0.814. The molecule has 7 nitrogen and oxygen atoms in total. The first kappa shape index (κ1) is 11.4. The number of aromatic nitrogens is 2. The van der Waals surface area contributed by atoms with Gasteiger partial charge in [-0.05, 0) is 6.92 Å². The lowest BCUT2D eigenvalue weighted by Gasteiger charge is -2.00. The SMILES string of the molecule is CCOC(=O)c1c([N+](=O)[O-])c(Cl)nn1C. The van der Waals surface area contributed by atoms with Crippen molar-refractivity contribution in [2.45, 2.75) is 6.92 Å². The Kier molecular flexibility index (Phi) is 3.25. The van der Waals surface area contributed by atoms with Gasteiger partial charge >= 0.3 is 11.7 Å². The molecule has 0 saturated carbocycles. The normalized spacial score (nSPS) is 10.1. The highest BCUT2D eigenvalue weighted by atomic mass is 35.5. The van der Waals surface area contributed by atoms with E-state index >= 15 is 0 Å². The zero-order chi connectivity index (χ0) is 11.6. The molecule has 1 aromatic heterocycles. The average Bonchev–Trinajstić information content (AvgIpc) is 2.41. The largest absolute Gasteiger partial charge is 0.461 e. The molecule has 0 amide bonds. The summed E-state index contributed by atoms with van der Waals surface area (Å²) in [6, 6.07) is 0. The van der Waals surface area contributed by atoms with Crippen LogP contribution in [0.25, 0.3) is 0 Å². The van der Waals surface area contributed by atoms with Gasteiger partial charge in [0.15, 0.2) is 0 Å². The van der Waals surface area contributed by atoms with Crippen LogP contribution in [0.3, 0.4) is 0 Å². The molecule has 0 N–H and O–H groups in total. The van der Waals surface area contributed by atoms with Crippen molar-refractivity contribution >= 4 is 23.3 Å². The second-order valence-corrected chi connectivity index (χ2v) is 2.95. The van der Waals surface area contributed by atoms with Gasteiger partial charge in [0.05, 0.1) is 11.5 Å². The highest BCUT2D eigenvalue weighted by molar-refractivity contribution is 6.32. The Morgan fingerprint density at radius 2 is 2.33 bits per heavy atom. The second-order valence-electron chi connectivity index (χ2n) is 2.59.